The fraction of sp³-hybridized carbons (Fsp3) is 0.500. The van der Waals surface area contributed by atoms with Crippen LogP contribution in [0.25, 0.3) is 11.3 Å². The lowest BCUT2D eigenvalue weighted by Gasteiger charge is -2.19. The number of rotatable bonds is 4. The van der Waals surface area contributed by atoms with E-state index in [2.05, 4.69) is 22.9 Å². The van der Waals surface area contributed by atoms with E-state index < -0.39 is 0 Å². The first-order chi connectivity index (χ1) is 11.2. The summed E-state index contributed by atoms with van der Waals surface area (Å²) in [5.74, 6) is 0.807. The van der Waals surface area contributed by atoms with Gasteiger partial charge in [-0.3, -0.25) is 9.69 Å². The molecule has 23 heavy (non-hydrogen) atoms. The number of aromatic amines is 1. The van der Waals surface area contributed by atoms with Crippen molar-refractivity contribution in [1.29, 1.82) is 0 Å². The van der Waals surface area contributed by atoms with Gasteiger partial charge in [-0.2, -0.15) is 0 Å². The van der Waals surface area contributed by atoms with Crippen LogP contribution in [0.5, 0.6) is 5.75 Å². The van der Waals surface area contributed by atoms with Crippen molar-refractivity contribution in [3.63, 3.8) is 0 Å². The number of benzene rings is 1. The van der Waals surface area contributed by atoms with Crippen molar-refractivity contribution >= 4 is 11.3 Å². The molecule has 0 bridgehead atoms. The molecule has 124 valence electrons. The number of H-pyrrole nitrogens is 1. The van der Waals surface area contributed by atoms with Crippen LogP contribution in [-0.2, 0) is 6.54 Å². The number of methoxy groups -OCH3 is 1. The summed E-state index contributed by atoms with van der Waals surface area (Å²) in [6, 6.07) is 6.08. The summed E-state index contributed by atoms with van der Waals surface area (Å²) in [5.41, 5.74) is 3.06. The quantitative estimate of drug-likeness (QED) is 0.926. The van der Waals surface area contributed by atoms with Crippen LogP contribution in [0, 0.1) is 6.92 Å². The van der Waals surface area contributed by atoms with Crippen molar-refractivity contribution in [2.45, 2.75) is 39.2 Å². The molecule has 0 aliphatic carbocycles. The zero-order valence-electron chi connectivity index (χ0n) is 13.9. The standard InChI is InChI=1S/C18H24N2O2S/c1-13-7-8-15(22-2)14(11-13)17-16(23-18(21)19-17)12-20-9-5-3-4-6-10-20/h7-8,11H,3-6,9-10,12H2,1-2H3,(H,19,21). The van der Waals surface area contributed by atoms with E-state index in [9.17, 15) is 4.79 Å². The van der Waals surface area contributed by atoms with E-state index in [-0.39, 0.29) is 4.87 Å². The molecule has 1 aliphatic rings. The number of aromatic nitrogens is 1. The molecule has 0 amide bonds. The minimum Gasteiger partial charge on any atom is -0.496 e. The molecule has 2 aromatic rings. The van der Waals surface area contributed by atoms with Crippen molar-refractivity contribution in [2.75, 3.05) is 20.2 Å². The van der Waals surface area contributed by atoms with E-state index in [1.807, 2.05) is 12.1 Å². The second-order valence-electron chi connectivity index (χ2n) is 6.21. The molecule has 0 radical (unpaired) electrons. The van der Waals surface area contributed by atoms with E-state index in [0.717, 1.165) is 47.1 Å². The Hall–Kier alpha value is -1.59. The number of hydrogen-bond donors (Lipinski definition) is 1. The van der Waals surface area contributed by atoms with E-state index in [1.54, 1.807) is 7.11 Å². The fourth-order valence-corrected chi connectivity index (χ4v) is 4.09. The van der Waals surface area contributed by atoms with Gasteiger partial charge in [-0.25, -0.2) is 0 Å². The van der Waals surface area contributed by atoms with Gasteiger partial charge in [0.25, 0.3) is 0 Å². The van der Waals surface area contributed by atoms with Crippen LogP contribution in [0.15, 0.2) is 23.0 Å². The number of likely N-dealkylation sites (tertiary alicyclic amines) is 1. The average Bonchev–Trinajstić information content (AvgIpc) is 2.73. The SMILES string of the molecule is COc1ccc(C)cc1-c1[nH]c(=O)sc1CN1CCCCCC1. The monoisotopic (exact) mass is 332 g/mol. The van der Waals surface area contributed by atoms with Crippen LogP contribution < -0.4 is 9.61 Å². The molecule has 1 aromatic carbocycles. The molecule has 0 spiro atoms. The van der Waals surface area contributed by atoms with E-state index in [0.29, 0.717) is 0 Å². The van der Waals surface area contributed by atoms with Crippen molar-refractivity contribution in [3.8, 4) is 17.0 Å². The highest BCUT2D eigenvalue weighted by Crippen LogP contribution is 2.33. The summed E-state index contributed by atoms with van der Waals surface area (Å²) in [6.45, 7) is 5.14. The Bertz CT molecular complexity index is 712. The number of hydrogen-bond acceptors (Lipinski definition) is 4. The number of thiazole rings is 1. The molecule has 1 fully saturated rings. The molecule has 0 unspecified atom stereocenters. The zero-order chi connectivity index (χ0) is 16.2. The predicted octanol–water partition coefficient (Wildman–Crippen LogP) is 3.80. The van der Waals surface area contributed by atoms with Crippen molar-refractivity contribution in [1.82, 2.24) is 9.88 Å². The van der Waals surface area contributed by atoms with Crippen LogP contribution in [0.4, 0.5) is 0 Å². The van der Waals surface area contributed by atoms with Gasteiger partial charge in [0, 0.05) is 17.0 Å². The van der Waals surface area contributed by atoms with Gasteiger partial charge in [0.2, 0.25) is 0 Å². The van der Waals surface area contributed by atoms with Gasteiger partial charge in [-0.15, -0.1) is 0 Å². The summed E-state index contributed by atoms with van der Waals surface area (Å²) in [5, 5.41) is 0. The van der Waals surface area contributed by atoms with Gasteiger partial charge in [0.15, 0.2) is 0 Å². The summed E-state index contributed by atoms with van der Waals surface area (Å²) in [6.07, 6.45) is 5.14. The van der Waals surface area contributed by atoms with Gasteiger partial charge in [0.1, 0.15) is 5.75 Å². The Morgan fingerprint density at radius 1 is 1.22 bits per heavy atom. The van der Waals surface area contributed by atoms with Gasteiger partial charge in [-0.1, -0.05) is 35.8 Å². The van der Waals surface area contributed by atoms with E-state index >= 15 is 0 Å². The summed E-state index contributed by atoms with van der Waals surface area (Å²) >= 11 is 1.33. The third-order valence-corrected chi connectivity index (χ3v) is 5.28. The van der Waals surface area contributed by atoms with Crippen LogP contribution in [0.3, 0.4) is 0 Å². The maximum atomic E-state index is 12.0. The van der Waals surface area contributed by atoms with Crippen molar-refractivity contribution in [3.05, 3.63) is 38.3 Å². The highest BCUT2D eigenvalue weighted by Gasteiger charge is 2.18. The van der Waals surface area contributed by atoms with Crippen molar-refractivity contribution < 1.29 is 4.74 Å². The molecule has 1 aromatic heterocycles. The lowest BCUT2D eigenvalue weighted by atomic mass is 10.1. The Kier molecular flexibility index (Phi) is 5.18. The smallest absolute Gasteiger partial charge is 0.305 e. The molecule has 2 heterocycles. The topological polar surface area (TPSA) is 45.3 Å². The van der Waals surface area contributed by atoms with Gasteiger partial charge >= 0.3 is 4.87 Å². The fourth-order valence-electron chi connectivity index (χ4n) is 3.20. The average molecular weight is 332 g/mol. The number of nitrogens with one attached hydrogen (secondary N) is 1. The second kappa shape index (κ2) is 7.32. The molecule has 1 saturated heterocycles. The predicted molar refractivity (Wildman–Crippen MR) is 95.4 cm³/mol. The largest absolute Gasteiger partial charge is 0.496 e. The lowest BCUT2D eigenvalue weighted by molar-refractivity contribution is 0.279. The van der Waals surface area contributed by atoms with Crippen LogP contribution in [0.1, 0.15) is 36.1 Å². The van der Waals surface area contributed by atoms with E-state index in [4.69, 9.17) is 4.74 Å². The minimum absolute atomic E-state index is 0.00776. The van der Waals surface area contributed by atoms with Gasteiger partial charge in [-0.05, 0) is 45.0 Å². The Balaban J connectivity index is 1.94. The maximum absolute atomic E-state index is 12.0. The molecule has 0 atom stereocenters. The molecular formula is C18H24N2O2S. The first-order valence-corrected chi connectivity index (χ1v) is 9.08. The number of aryl methyl sites for hydroxylation is 1. The Morgan fingerprint density at radius 2 is 1.96 bits per heavy atom. The molecule has 0 saturated carbocycles. The maximum Gasteiger partial charge on any atom is 0.305 e. The van der Waals surface area contributed by atoms with Gasteiger partial charge < -0.3 is 9.72 Å². The third-order valence-electron chi connectivity index (χ3n) is 4.41. The van der Waals surface area contributed by atoms with Gasteiger partial charge in [0.05, 0.1) is 12.8 Å². The minimum atomic E-state index is 0.00776. The number of nitrogens with zero attached hydrogens (tertiary/aromatic N) is 1. The van der Waals surface area contributed by atoms with Crippen LogP contribution in [-0.4, -0.2) is 30.1 Å². The Labute approximate surface area is 141 Å². The third kappa shape index (κ3) is 3.85. The van der Waals surface area contributed by atoms with Crippen molar-refractivity contribution in [2.24, 2.45) is 0 Å². The Morgan fingerprint density at radius 3 is 2.65 bits per heavy atom. The molecule has 3 rings (SSSR count). The molecule has 5 heteroatoms. The first kappa shape index (κ1) is 16.3. The second-order valence-corrected chi connectivity index (χ2v) is 7.27. The highest BCUT2D eigenvalue weighted by molar-refractivity contribution is 7.09. The summed E-state index contributed by atoms with van der Waals surface area (Å²) < 4.78 is 5.50. The first-order valence-electron chi connectivity index (χ1n) is 8.27. The summed E-state index contributed by atoms with van der Waals surface area (Å²) in [7, 11) is 1.67. The molecule has 1 aliphatic heterocycles. The number of ether oxygens (including phenoxy) is 1. The molecule has 4 nitrogen and oxygen atoms in total. The lowest BCUT2D eigenvalue weighted by Crippen LogP contribution is -2.23. The van der Waals surface area contributed by atoms with E-state index in [1.165, 1.54) is 37.0 Å². The highest BCUT2D eigenvalue weighted by atomic mass is 32.1. The van der Waals surface area contributed by atoms with Crippen LogP contribution in [0.2, 0.25) is 0 Å². The summed E-state index contributed by atoms with van der Waals surface area (Å²) in [4.78, 5) is 18.6. The van der Waals surface area contributed by atoms with Crippen LogP contribution >= 0.6 is 11.3 Å². The molecule has 1 N–H and O–H groups in total. The molecular weight excluding hydrogens is 308 g/mol. The zero-order valence-corrected chi connectivity index (χ0v) is 14.7. The normalized spacial score (nSPS) is 16.3.